The van der Waals surface area contributed by atoms with Crippen LogP contribution in [-0.2, 0) is 13.2 Å². The third-order valence-corrected chi connectivity index (χ3v) is 5.35. The van der Waals surface area contributed by atoms with Crippen molar-refractivity contribution in [2.75, 3.05) is 5.43 Å². The molecule has 3 aromatic rings. The number of aromatic nitrogens is 4. The number of hydrogen-bond donors (Lipinski definition) is 1. The van der Waals surface area contributed by atoms with Gasteiger partial charge in [0.15, 0.2) is 5.65 Å². The molecule has 0 spiro atoms. The standard InChI is InChI=1S/C20H19F3N6O2/c1-28-15-11-24-19(27-25-10-12-6-8-13(9-7-12)20(21,22)23)26-16(15)29(18(31)17(28)30)14-4-2-3-5-14/h6-11,14H,2-5H2,1H3,(H,24,26,27)/b25-10+. The smallest absolute Gasteiger partial charge is 0.303 e. The molecule has 1 aliphatic carbocycles. The summed E-state index contributed by atoms with van der Waals surface area (Å²) in [7, 11) is 1.49. The van der Waals surface area contributed by atoms with Gasteiger partial charge in [-0.25, -0.2) is 10.4 Å². The first-order chi connectivity index (χ1) is 14.8. The molecular formula is C20H19F3N6O2. The van der Waals surface area contributed by atoms with Crippen LogP contribution >= 0.6 is 0 Å². The van der Waals surface area contributed by atoms with Crippen molar-refractivity contribution in [3.63, 3.8) is 0 Å². The van der Waals surface area contributed by atoms with E-state index in [4.69, 9.17) is 0 Å². The van der Waals surface area contributed by atoms with E-state index in [1.165, 1.54) is 40.7 Å². The SMILES string of the molecule is Cn1c(=O)c(=O)n(C2CCCC2)c2nc(N/N=C/c3ccc(C(F)(F)F)cc3)ncc21. The molecule has 0 unspecified atom stereocenters. The Labute approximate surface area is 174 Å². The van der Waals surface area contributed by atoms with Gasteiger partial charge in [-0.15, -0.1) is 0 Å². The third-order valence-electron chi connectivity index (χ3n) is 5.35. The van der Waals surface area contributed by atoms with Gasteiger partial charge < -0.3 is 4.57 Å². The number of aryl methyl sites for hydroxylation is 1. The number of benzene rings is 1. The minimum Gasteiger partial charge on any atom is -0.303 e. The molecule has 1 N–H and O–H groups in total. The van der Waals surface area contributed by atoms with Gasteiger partial charge in [0.25, 0.3) is 0 Å². The van der Waals surface area contributed by atoms with Gasteiger partial charge in [0.2, 0.25) is 5.95 Å². The monoisotopic (exact) mass is 432 g/mol. The Morgan fingerprint density at radius 2 is 1.81 bits per heavy atom. The highest BCUT2D eigenvalue weighted by Gasteiger charge is 2.29. The minimum atomic E-state index is -4.40. The molecule has 11 heteroatoms. The zero-order chi connectivity index (χ0) is 22.2. The van der Waals surface area contributed by atoms with Crippen LogP contribution in [0.15, 0.2) is 45.2 Å². The van der Waals surface area contributed by atoms with Crippen LogP contribution in [0.4, 0.5) is 19.1 Å². The molecule has 0 bridgehead atoms. The summed E-state index contributed by atoms with van der Waals surface area (Å²) in [6.07, 6.45) is 1.90. The molecule has 0 radical (unpaired) electrons. The minimum absolute atomic E-state index is 0.0951. The molecule has 0 atom stereocenters. The average molecular weight is 432 g/mol. The van der Waals surface area contributed by atoms with Crippen molar-refractivity contribution < 1.29 is 13.2 Å². The van der Waals surface area contributed by atoms with E-state index < -0.39 is 22.9 Å². The number of rotatable bonds is 4. The molecule has 0 saturated heterocycles. The van der Waals surface area contributed by atoms with E-state index in [9.17, 15) is 22.8 Å². The lowest BCUT2D eigenvalue weighted by Gasteiger charge is -2.17. The number of nitrogens with zero attached hydrogens (tertiary/aromatic N) is 5. The molecule has 2 aromatic heterocycles. The number of fused-ring (bicyclic) bond motifs is 1. The fraction of sp³-hybridized carbons (Fsp3) is 0.350. The molecule has 1 aliphatic rings. The summed E-state index contributed by atoms with van der Waals surface area (Å²) in [4.78, 5) is 33.5. The van der Waals surface area contributed by atoms with Crippen molar-refractivity contribution in [3.05, 3.63) is 62.3 Å². The molecule has 162 valence electrons. The van der Waals surface area contributed by atoms with E-state index in [2.05, 4.69) is 20.5 Å². The molecule has 2 heterocycles. The van der Waals surface area contributed by atoms with Gasteiger partial charge in [-0.2, -0.15) is 23.3 Å². The van der Waals surface area contributed by atoms with Crippen molar-refractivity contribution in [1.82, 2.24) is 19.1 Å². The average Bonchev–Trinajstić information content (AvgIpc) is 3.26. The van der Waals surface area contributed by atoms with Crippen LogP contribution in [0.3, 0.4) is 0 Å². The first-order valence-corrected chi connectivity index (χ1v) is 9.70. The number of hydrogen-bond acceptors (Lipinski definition) is 6. The van der Waals surface area contributed by atoms with E-state index in [0.717, 1.165) is 37.8 Å². The second-order valence-corrected chi connectivity index (χ2v) is 7.37. The third kappa shape index (κ3) is 4.07. The lowest BCUT2D eigenvalue weighted by Crippen LogP contribution is -2.42. The summed E-state index contributed by atoms with van der Waals surface area (Å²) < 4.78 is 40.6. The number of anilines is 1. The first kappa shape index (κ1) is 20.8. The molecule has 0 amide bonds. The Kier molecular flexibility index (Phi) is 5.34. The molecule has 0 aliphatic heterocycles. The Hall–Kier alpha value is -3.50. The topological polar surface area (TPSA) is 94.2 Å². The van der Waals surface area contributed by atoms with Crippen molar-refractivity contribution in [2.24, 2.45) is 12.1 Å². The summed E-state index contributed by atoms with van der Waals surface area (Å²) in [5.74, 6) is 0.0976. The van der Waals surface area contributed by atoms with Crippen LogP contribution in [-0.4, -0.2) is 25.3 Å². The summed E-state index contributed by atoms with van der Waals surface area (Å²) in [5.41, 5.74) is 1.83. The van der Waals surface area contributed by atoms with Crippen LogP contribution in [0.1, 0.15) is 42.9 Å². The molecule has 31 heavy (non-hydrogen) atoms. The van der Waals surface area contributed by atoms with Gasteiger partial charge in [0.1, 0.15) is 5.52 Å². The number of halogens is 3. The maximum absolute atomic E-state index is 12.6. The van der Waals surface area contributed by atoms with Gasteiger partial charge in [-0.05, 0) is 30.5 Å². The zero-order valence-corrected chi connectivity index (χ0v) is 16.6. The predicted molar refractivity (Wildman–Crippen MR) is 109 cm³/mol. The quantitative estimate of drug-likeness (QED) is 0.389. The highest BCUT2D eigenvalue weighted by atomic mass is 19.4. The number of hydrazone groups is 1. The van der Waals surface area contributed by atoms with Gasteiger partial charge in [0.05, 0.1) is 18.0 Å². The molecule has 1 aromatic carbocycles. The van der Waals surface area contributed by atoms with Gasteiger partial charge in [0, 0.05) is 13.1 Å². The Morgan fingerprint density at radius 3 is 2.45 bits per heavy atom. The molecular weight excluding hydrogens is 413 g/mol. The summed E-state index contributed by atoms with van der Waals surface area (Å²) >= 11 is 0. The number of nitrogens with one attached hydrogen (secondary N) is 1. The second kappa shape index (κ2) is 7.97. The Balaban J connectivity index is 1.64. The van der Waals surface area contributed by atoms with E-state index >= 15 is 0 Å². The van der Waals surface area contributed by atoms with E-state index in [0.29, 0.717) is 16.7 Å². The van der Waals surface area contributed by atoms with Gasteiger partial charge in [-0.1, -0.05) is 25.0 Å². The van der Waals surface area contributed by atoms with E-state index in [1.54, 1.807) is 0 Å². The fourth-order valence-electron chi connectivity index (χ4n) is 3.71. The Morgan fingerprint density at radius 1 is 1.13 bits per heavy atom. The molecule has 1 saturated carbocycles. The predicted octanol–water partition coefficient (Wildman–Crippen LogP) is 3.07. The lowest BCUT2D eigenvalue weighted by atomic mass is 10.1. The maximum Gasteiger partial charge on any atom is 0.416 e. The van der Waals surface area contributed by atoms with Crippen molar-refractivity contribution in [1.29, 1.82) is 0 Å². The number of alkyl halides is 3. The van der Waals surface area contributed by atoms with Crippen LogP contribution in [0.2, 0.25) is 0 Å². The molecule has 8 nitrogen and oxygen atoms in total. The lowest BCUT2D eigenvalue weighted by molar-refractivity contribution is -0.137. The van der Waals surface area contributed by atoms with Crippen LogP contribution < -0.4 is 16.5 Å². The highest BCUT2D eigenvalue weighted by molar-refractivity contribution is 5.80. The molecule has 4 rings (SSSR count). The zero-order valence-electron chi connectivity index (χ0n) is 16.6. The van der Waals surface area contributed by atoms with Crippen molar-refractivity contribution >= 4 is 23.3 Å². The largest absolute Gasteiger partial charge is 0.416 e. The van der Waals surface area contributed by atoms with Crippen molar-refractivity contribution in [2.45, 2.75) is 37.9 Å². The van der Waals surface area contributed by atoms with E-state index in [1.807, 2.05) is 0 Å². The molecule has 1 fully saturated rings. The van der Waals surface area contributed by atoms with Crippen molar-refractivity contribution in [3.8, 4) is 0 Å². The van der Waals surface area contributed by atoms with Crippen LogP contribution in [0, 0.1) is 0 Å². The second-order valence-electron chi connectivity index (χ2n) is 7.37. The summed E-state index contributed by atoms with van der Waals surface area (Å²) in [6.45, 7) is 0. The maximum atomic E-state index is 12.6. The van der Waals surface area contributed by atoms with Gasteiger partial charge in [-0.3, -0.25) is 14.2 Å². The first-order valence-electron chi connectivity index (χ1n) is 9.70. The summed E-state index contributed by atoms with van der Waals surface area (Å²) in [6, 6.07) is 4.43. The normalized spacial score (nSPS) is 15.2. The Bertz CT molecular complexity index is 1260. The van der Waals surface area contributed by atoms with Gasteiger partial charge >= 0.3 is 17.3 Å². The van der Waals surface area contributed by atoms with Crippen LogP contribution in [0.25, 0.3) is 11.2 Å². The van der Waals surface area contributed by atoms with E-state index in [-0.39, 0.29) is 12.0 Å². The highest BCUT2D eigenvalue weighted by Crippen LogP contribution is 2.30. The van der Waals surface area contributed by atoms with Crippen LogP contribution in [0.5, 0.6) is 0 Å². The summed E-state index contributed by atoms with van der Waals surface area (Å²) in [5, 5.41) is 3.96. The fourth-order valence-corrected chi connectivity index (χ4v) is 3.71.